The summed E-state index contributed by atoms with van der Waals surface area (Å²) in [5.74, 6) is -1.20. The highest BCUT2D eigenvalue weighted by atomic mass is 79.9. The number of Topliss-reactive ketones (excluding diaryl/α,β-unsaturated/α-hetero) is 1. The highest BCUT2D eigenvalue weighted by Gasteiger charge is 2.63. The first-order valence-electron chi connectivity index (χ1n) is 10.6. The molecular weight excluding hydrogens is 486 g/mol. The maximum absolute atomic E-state index is 14.0. The van der Waals surface area contributed by atoms with E-state index in [1.807, 2.05) is 30.3 Å². The van der Waals surface area contributed by atoms with Crippen LogP contribution in [0.3, 0.4) is 0 Å². The normalized spacial score (nSPS) is 22.2. The third-order valence-corrected chi connectivity index (χ3v) is 7.15. The fourth-order valence-electron chi connectivity index (χ4n) is 5.36. The van der Waals surface area contributed by atoms with Gasteiger partial charge < -0.3 is 15.4 Å². The smallest absolute Gasteiger partial charge is 0.339 e. The van der Waals surface area contributed by atoms with E-state index >= 15 is 0 Å². The largest absolute Gasteiger partial charge is 0.466 e. The molecule has 2 N–H and O–H groups in total. The fourth-order valence-corrected chi connectivity index (χ4v) is 5.75. The Kier molecular flexibility index (Phi) is 4.93. The SMILES string of the molecule is COC(=O)C1=C(N)N(c2cccc(Br)c2)C2=C(C(=O)CCC2)C12C(=O)N(C)c1ccccc12. The number of para-hydroxylation sites is 1. The molecule has 3 aliphatic rings. The Labute approximate surface area is 199 Å². The van der Waals surface area contributed by atoms with Crippen LogP contribution in [0.25, 0.3) is 0 Å². The van der Waals surface area contributed by atoms with E-state index in [2.05, 4.69) is 15.9 Å². The maximum Gasteiger partial charge on any atom is 0.339 e. The number of esters is 1. The molecule has 0 aromatic heterocycles. The number of carbonyl (C=O) groups is 3. The first-order chi connectivity index (χ1) is 15.8. The van der Waals surface area contributed by atoms with Crippen LogP contribution in [0.4, 0.5) is 11.4 Å². The lowest BCUT2D eigenvalue weighted by molar-refractivity contribution is -0.138. The van der Waals surface area contributed by atoms with Crippen molar-refractivity contribution in [2.75, 3.05) is 24.0 Å². The van der Waals surface area contributed by atoms with Crippen molar-refractivity contribution in [3.05, 3.63) is 81.2 Å². The van der Waals surface area contributed by atoms with Gasteiger partial charge in [0.25, 0.3) is 0 Å². The zero-order valence-electron chi connectivity index (χ0n) is 18.2. The van der Waals surface area contributed by atoms with Crippen LogP contribution in [0.1, 0.15) is 24.8 Å². The molecule has 0 saturated heterocycles. The minimum Gasteiger partial charge on any atom is -0.466 e. The molecule has 0 saturated carbocycles. The number of anilines is 2. The third-order valence-electron chi connectivity index (χ3n) is 6.65. The number of hydrogen-bond acceptors (Lipinski definition) is 6. The number of amides is 1. The standard InChI is InChI=1S/C25H22BrN3O4/c1-28-17-10-4-3-9-16(17)25(24(28)32)20-18(11-6-12-19(20)30)29(15-8-5-7-14(26)13-15)22(27)21(25)23(31)33-2/h3-5,7-10,13H,6,11-12,27H2,1-2H3. The Hall–Kier alpha value is -3.39. The lowest BCUT2D eigenvalue weighted by Crippen LogP contribution is -2.54. The number of ether oxygens (including phenoxy) is 1. The van der Waals surface area contributed by atoms with Crippen LogP contribution in [0, 0.1) is 0 Å². The van der Waals surface area contributed by atoms with Crippen molar-refractivity contribution in [1.29, 1.82) is 0 Å². The Morgan fingerprint density at radius 3 is 2.61 bits per heavy atom. The molecule has 7 nitrogen and oxygen atoms in total. The lowest BCUT2D eigenvalue weighted by Gasteiger charge is -2.44. The van der Waals surface area contributed by atoms with Gasteiger partial charge in [0.2, 0.25) is 5.91 Å². The number of benzene rings is 2. The maximum atomic E-state index is 14.0. The van der Waals surface area contributed by atoms with Gasteiger partial charge in [0.15, 0.2) is 5.78 Å². The lowest BCUT2D eigenvalue weighted by atomic mass is 9.63. The average molecular weight is 508 g/mol. The predicted octanol–water partition coefficient (Wildman–Crippen LogP) is 3.53. The summed E-state index contributed by atoms with van der Waals surface area (Å²) in [5.41, 5.74) is 7.91. The summed E-state index contributed by atoms with van der Waals surface area (Å²) in [6.07, 6.45) is 1.47. The van der Waals surface area contributed by atoms with Gasteiger partial charge in [0.05, 0.1) is 7.11 Å². The van der Waals surface area contributed by atoms with Gasteiger partial charge in [-0.25, -0.2) is 4.79 Å². The first-order valence-corrected chi connectivity index (χ1v) is 11.4. The van der Waals surface area contributed by atoms with Crippen molar-refractivity contribution in [3.63, 3.8) is 0 Å². The molecule has 168 valence electrons. The number of carbonyl (C=O) groups excluding carboxylic acids is 3. The number of nitrogens with zero attached hydrogens (tertiary/aromatic N) is 2. The summed E-state index contributed by atoms with van der Waals surface area (Å²) in [7, 11) is 2.90. The van der Waals surface area contributed by atoms with E-state index < -0.39 is 11.4 Å². The summed E-state index contributed by atoms with van der Waals surface area (Å²) in [6, 6.07) is 14.7. The van der Waals surface area contributed by atoms with E-state index in [4.69, 9.17) is 10.5 Å². The molecule has 8 heteroatoms. The van der Waals surface area contributed by atoms with E-state index in [-0.39, 0.29) is 23.1 Å². The van der Waals surface area contributed by atoms with Gasteiger partial charge in [0.1, 0.15) is 16.8 Å². The summed E-state index contributed by atoms with van der Waals surface area (Å²) >= 11 is 3.49. The van der Waals surface area contributed by atoms with Gasteiger partial charge in [-0.1, -0.05) is 40.2 Å². The fraction of sp³-hybridized carbons (Fsp3) is 0.240. The molecule has 2 heterocycles. The van der Waals surface area contributed by atoms with Crippen molar-refractivity contribution >= 4 is 45.0 Å². The van der Waals surface area contributed by atoms with E-state index in [0.717, 1.165) is 4.47 Å². The van der Waals surface area contributed by atoms with Crippen molar-refractivity contribution in [2.24, 2.45) is 5.73 Å². The van der Waals surface area contributed by atoms with E-state index in [1.165, 1.54) is 12.0 Å². The van der Waals surface area contributed by atoms with Crippen molar-refractivity contribution in [2.45, 2.75) is 24.7 Å². The number of fused-ring (bicyclic) bond motifs is 3. The topological polar surface area (TPSA) is 92.9 Å². The minimum atomic E-state index is -1.64. The molecule has 1 atom stereocenters. The third kappa shape index (κ3) is 2.76. The highest BCUT2D eigenvalue weighted by Crippen LogP contribution is 2.56. The molecule has 1 unspecified atom stereocenters. The summed E-state index contributed by atoms with van der Waals surface area (Å²) < 4.78 is 5.97. The Morgan fingerprint density at radius 2 is 1.88 bits per heavy atom. The highest BCUT2D eigenvalue weighted by molar-refractivity contribution is 9.10. The van der Waals surface area contributed by atoms with Crippen molar-refractivity contribution in [1.82, 2.24) is 0 Å². The molecule has 2 aromatic carbocycles. The van der Waals surface area contributed by atoms with Crippen LogP contribution in [0.5, 0.6) is 0 Å². The number of methoxy groups -OCH3 is 1. The van der Waals surface area contributed by atoms with Gasteiger partial charge >= 0.3 is 5.97 Å². The number of ketones is 1. The summed E-state index contributed by atoms with van der Waals surface area (Å²) in [5, 5.41) is 0. The zero-order chi connectivity index (χ0) is 23.5. The average Bonchev–Trinajstić information content (AvgIpc) is 3.02. The first kappa shape index (κ1) is 21.5. The van der Waals surface area contributed by atoms with Crippen LogP contribution in [0.2, 0.25) is 0 Å². The molecule has 2 aliphatic heterocycles. The number of nitrogens with two attached hydrogens (primary N) is 1. The summed E-state index contributed by atoms with van der Waals surface area (Å²) in [6.45, 7) is 0. The number of likely N-dealkylation sites (N-methyl/N-ethyl adjacent to an activating group) is 1. The number of rotatable bonds is 2. The predicted molar refractivity (Wildman–Crippen MR) is 127 cm³/mol. The molecule has 1 aliphatic carbocycles. The van der Waals surface area contributed by atoms with E-state index in [1.54, 1.807) is 30.1 Å². The molecule has 0 bridgehead atoms. The molecule has 1 amide bonds. The second kappa shape index (κ2) is 7.59. The van der Waals surface area contributed by atoms with E-state index in [9.17, 15) is 14.4 Å². The Morgan fingerprint density at radius 1 is 1.12 bits per heavy atom. The zero-order valence-corrected chi connectivity index (χ0v) is 19.8. The van der Waals surface area contributed by atoms with Gasteiger partial charge in [-0.2, -0.15) is 0 Å². The Bertz CT molecular complexity index is 1300. The summed E-state index contributed by atoms with van der Waals surface area (Å²) in [4.78, 5) is 44.2. The minimum absolute atomic E-state index is 0.0271. The molecule has 5 rings (SSSR count). The van der Waals surface area contributed by atoms with Crippen LogP contribution < -0.4 is 15.5 Å². The van der Waals surface area contributed by atoms with Gasteiger partial charge in [-0.05, 0) is 37.1 Å². The Balaban J connectivity index is 1.93. The number of allylic oxidation sites excluding steroid dienone is 1. The second-order valence-electron chi connectivity index (χ2n) is 8.30. The molecule has 0 fully saturated rings. The van der Waals surface area contributed by atoms with Gasteiger partial charge in [-0.15, -0.1) is 0 Å². The van der Waals surface area contributed by atoms with Gasteiger partial charge in [0, 0.05) is 46.1 Å². The van der Waals surface area contributed by atoms with Crippen LogP contribution in [-0.4, -0.2) is 31.8 Å². The monoisotopic (exact) mass is 507 g/mol. The molecular formula is C25H22BrN3O4. The van der Waals surface area contributed by atoms with Crippen molar-refractivity contribution in [3.8, 4) is 0 Å². The molecule has 0 radical (unpaired) electrons. The van der Waals surface area contributed by atoms with E-state index in [0.29, 0.717) is 47.5 Å². The molecule has 33 heavy (non-hydrogen) atoms. The molecule has 1 spiro atoms. The van der Waals surface area contributed by atoms with Crippen LogP contribution in [0.15, 0.2) is 75.7 Å². The van der Waals surface area contributed by atoms with Crippen molar-refractivity contribution < 1.29 is 19.1 Å². The quantitative estimate of drug-likeness (QED) is 0.625. The number of halogens is 1. The van der Waals surface area contributed by atoms with Crippen LogP contribution in [-0.2, 0) is 24.5 Å². The second-order valence-corrected chi connectivity index (χ2v) is 9.21. The van der Waals surface area contributed by atoms with Gasteiger partial charge in [-0.3, -0.25) is 14.5 Å². The van der Waals surface area contributed by atoms with Crippen LogP contribution >= 0.6 is 15.9 Å². The number of hydrogen-bond donors (Lipinski definition) is 1. The molecule has 2 aromatic rings.